The molecule has 0 saturated heterocycles. The lowest BCUT2D eigenvalue weighted by molar-refractivity contribution is -0.150. The van der Waals surface area contributed by atoms with Gasteiger partial charge in [0, 0.05) is 12.5 Å². The fourth-order valence-electron chi connectivity index (χ4n) is 2.39. The molecule has 1 heterocycles. The molecular weight excluding hydrogens is 318 g/mol. The summed E-state index contributed by atoms with van der Waals surface area (Å²) in [4.78, 5) is 4.25. The van der Waals surface area contributed by atoms with Gasteiger partial charge < -0.3 is 14.9 Å². The summed E-state index contributed by atoms with van der Waals surface area (Å²) < 4.78 is 6.15. The van der Waals surface area contributed by atoms with E-state index in [0.717, 1.165) is 21.6 Å². The lowest BCUT2D eigenvalue weighted by atomic mass is 9.79. The van der Waals surface area contributed by atoms with Gasteiger partial charge in [0.1, 0.15) is 10.6 Å². The highest BCUT2D eigenvalue weighted by Crippen LogP contribution is 2.42. The van der Waals surface area contributed by atoms with Crippen LogP contribution in [0.4, 0.5) is 0 Å². The predicted molar refractivity (Wildman–Crippen MR) is 73.3 cm³/mol. The van der Waals surface area contributed by atoms with Crippen LogP contribution < -0.4 is 0 Å². The molecule has 18 heavy (non-hydrogen) atoms. The first-order valence-electron chi connectivity index (χ1n) is 6.19. The van der Waals surface area contributed by atoms with Crippen molar-refractivity contribution < 1.29 is 14.9 Å². The molecule has 1 saturated carbocycles. The zero-order chi connectivity index (χ0) is 13.2. The number of rotatable bonds is 4. The highest BCUT2D eigenvalue weighted by molar-refractivity contribution is 9.11. The third-order valence-electron chi connectivity index (χ3n) is 3.47. The van der Waals surface area contributed by atoms with Crippen LogP contribution in [-0.4, -0.2) is 28.1 Å². The van der Waals surface area contributed by atoms with Crippen molar-refractivity contribution in [3.63, 3.8) is 0 Å². The number of hydrogen-bond acceptors (Lipinski definition) is 5. The maximum absolute atomic E-state index is 10.6. The second-order valence-electron chi connectivity index (χ2n) is 4.68. The van der Waals surface area contributed by atoms with Crippen LogP contribution in [-0.2, 0) is 10.3 Å². The number of aromatic nitrogens is 1. The van der Waals surface area contributed by atoms with Gasteiger partial charge in [0.15, 0.2) is 6.29 Å². The monoisotopic (exact) mass is 335 g/mol. The Morgan fingerprint density at radius 1 is 1.61 bits per heavy atom. The van der Waals surface area contributed by atoms with E-state index in [1.165, 1.54) is 11.3 Å². The molecule has 1 fully saturated rings. The molecule has 1 atom stereocenters. The summed E-state index contributed by atoms with van der Waals surface area (Å²) in [5.41, 5.74) is -0.834. The quantitative estimate of drug-likeness (QED) is 0.830. The molecule has 1 aliphatic rings. The van der Waals surface area contributed by atoms with E-state index >= 15 is 0 Å². The standard InChI is InChI=1S/C12H18BrNO3S/c1-2-17-10(15)8-3-5-12(16,6-4-8)11-14-7-9(13)18-11/h7-8,10,15-16H,2-6H2,1H3. The van der Waals surface area contributed by atoms with Crippen molar-refractivity contribution in [3.05, 3.63) is 15.0 Å². The Balaban J connectivity index is 1.97. The highest BCUT2D eigenvalue weighted by Gasteiger charge is 2.39. The SMILES string of the molecule is CCOC(O)C1CCC(O)(c2ncc(Br)s2)CC1. The molecule has 4 nitrogen and oxygen atoms in total. The fraction of sp³-hybridized carbons (Fsp3) is 0.750. The van der Waals surface area contributed by atoms with Crippen LogP contribution in [0.1, 0.15) is 37.6 Å². The number of ether oxygens (including phenoxy) is 1. The number of aliphatic hydroxyl groups excluding tert-OH is 1. The Morgan fingerprint density at radius 2 is 2.28 bits per heavy atom. The molecule has 6 heteroatoms. The van der Waals surface area contributed by atoms with Gasteiger partial charge in [0.2, 0.25) is 0 Å². The third kappa shape index (κ3) is 3.11. The Kier molecular flexibility index (Phi) is 4.77. The molecule has 0 radical (unpaired) electrons. The zero-order valence-electron chi connectivity index (χ0n) is 10.3. The smallest absolute Gasteiger partial charge is 0.157 e. The third-order valence-corrected chi connectivity index (χ3v) is 5.14. The molecule has 0 aromatic carbocycles. The van der Waals surface area contributed by atoms with Crippen molar-refractivity contribution in [3.8, 4) is 0 Å². The van der Waals surface area contributed by atoms with Crippen molar-refractivity contribution in [2.45, 2.75) is 44.5 Å². The number of aliphatic hydroxyl groups is 2. The van der Waals surface area contributed by atoms with Gasteiger partial charge in [-0.1, -0.05) is 0 Å². The van der Waals surface area contributed by atoms with Gasteiger partial charge in [-0.3, -0.25) is 0 Å². The molecule has 0 aliphatic heterocycles. The van der Waals surface area contributed by atoms with Gasteiger partial charge >= 0.3 is 0 Å². The van der Waals surface area contributed by atoms with Gasteiger partial charge in [0.25, 0.3) is 0 Å². The summed E-state index contributed by atoms with van der Waals surface area (Å²) in [6.07, 6.45) is 3.79. The minimum Gasteiger partial charge on any atom is -0.383 e. The van der Waals surface area contributed by atoms with Crippen LogP contribution in [0.15, 0.2) is 9.98 Å². The van der Waals surface area contributed by atoms with Gasteiger partial charge in [-0.05, 0) is 48.5 Å². The summed E-state index contributed by atoms with van der Waals surface area (Å²) in [7, 11) is 0. The van der Waals surface area contributed by atoms with Crippen LogP contribution >= 0.6 is 27.3 Å². The fourth-order valence-corrected chi connectivity index (χ4v) is 3.75. The van der Waals surface area contributed by atoms with E-state index in [1.807, 2.05) is 6.92 Å². The summed E-state index contributed by atoms with van der Waals surface area (Å²) in [6, 6.07) is 0. The molecule has 102 valence electrons. The lowest BCUT2D eigenvalue weighted by Crippen LogP contribution is -2.36. The number of nitrogens with zero attached hydrogens (tertiary/aromatic N) is 1. The van der Waals surface area contributed by atoms with Crippen molar-refractivity contribution in [1.29, 1.82) is 0 Å². The predicted octanol–water partition coefficient (Wildman–Crippen LogP) is 2.64. The van der Waals surface area contributed by atoms with Gasteiger partial charge in [-0.25, -0.2) is 4.98 Å². The normalized spacial score (nSPS) is 30.3. The molecule has 1 aromatic heterocycles. The molecule has 0 bridgehead atoms. The minimum absolute atomic E-state index is 0.119. The lowest BCUT2D eigenvalue weighted by Gasteiger charge is -2.36. The largest absolute Gasteiger partial charge is 0.383 e. The van der Waals surface area contributed by atoms with Crippen molar-refractivity contribution >= 4 is 27.3 Å². The van der Waals surface area contributed by atoms with Crippen molar-refractivity contribution in [1.82, 2.24) is 4.98 Å². The molecule has 0 amide bonds. The number of hydrogen-bond donors (Lipinski definition) is 2. The van der Waals surface area contributed by atoms with Crippen LogP contribution in [0, 0.1) is 5.92 Å². The zero-order valence-corrected chi connectivity index (χ0v) is 12.7. The summed E-state index contributed by atoms with van der Waals surface area (Å²) in [6.45, 7) is 2.39. The topological polar surface area (TPSA) is 62.6 Å². The second-order valence-corrected chi connectivity index (χ2v) is 7.09. The minimum atomic E-state index is -0.834. The van der Waals surface area contributed by atoms with E-state index in [9.17, 15) is 10.2 Å². The maximum Gasteiger partial charge on any atom is 0.157 e. The Bertz CT molecular complexity index is 390. The Morgan fingerprint density at radius 3 is 2.78 bits per heavy atom. The Labute approximate surface area is 119 Å². The first kappa shape index (κ1) is 14.4. The van der Waals surface area contributed by atoms with Crippen LogP contribution in [0.3, 0.4) is 0 Å². The van der Waals surface area contributed by atoms with Crippen molar-refractivity contribution in [2.75, 3.05) is 6.61 Å². The highest BCUT2D eigenvalue weighted by atomic mass is 79.9. The van der Waals surface area contributed by atoms with E-state index in [1.54, 1.807) is 6.20 Å². The summed E-state index contributed by atoms with van der Waals surface area (Å²) in [5.74, 6) is 0.119. The molecular formula is C12H18BrNO3S. The summed E-state index contributed by atoms with van der Waals surface area (Å²) >= 11 is 4.84. The number of halogens is 1. The van der Waals surface area contributed by atoms with E-state index in [2.05, 4.69) is 20.9 Å². The molecule has 2 N–H and O–H groups in total. The van der Waals surface area contributed by atoms with Gasteiger partial charge in [0.05, 0.1) is 9.98 Å². The molecule has 0 spiro atoms. The molecule has 1 unspecified atom stereocenters. The number of thiazole rings is 1. The first-order chi connectivity index (χ1) is 8.55. The van der Waals surface area contributed by atoms with E-state index in [0.29, 0.717) is 19.4 Å². The average molecular weight is 336 g/mol. The van der Waals surface area contributed by atoms with E-state index in [-0.39, 0.29) is 5.92 Å². The maximum atomic E-state index is 10.6. The van der Waals surface area contributed by atoms with Crippen LogP contribution in [0.25, 0.3) is 0 Å². The first-order valence-corrected chi connectivity index (χ1v) is 7.80. The Hall–Kier alpha value is -0.0100. The van der Waals surface area contributed by atoms with Gasteiger partial charge in [-0.2, -0.15) is 0 Å². The summed E-state index contributed by atoms with van der Waals surface area (Å²) in [5, 5.41) is 21.1. The second kappa shape index (κ2) is 5.96. The van der Waals surface area contributed by atoms with E-state index < -0.39 is 11.9 Å². The van der Waals surface area contributed by atoms with E-state index in [4.69, 9.17) is 4.74 Å². The van der Waals surface area contributed by atoms with Crippen LogP contribution in [0.5, 0.6) is 0 Å². The molecule has 2 rings (SSSR count). The van der Waals surface area contributed by atoms with Crippen LogP contribution in [0.2, 0.25) is 0 Å². The average Bonchev–Trinajstić information content (AvgIpc) is 2.78. The van der Waals surface area contributed by atoms with Crippen molar-refractivity contribution in [2.24, 2.45) is 5.92 Å². The molecule has 1 aromatic rings. The van der Waals surface area contributed by atoms with Gasteiger partial charge in [-0.15, -0.1) is 11.3 Å². The molecule has 1 aliphatic carbocycles.